The van der Waals surface area contributed by atoms with E-state index in [1.54, 1.807) is 0 Å². The Balaban J connectivity index is 1.26. The van der Waals surface area contributed by atoms with Crippen molar-refractivity contribution in [3.63, 3.8) is 0 Å². The summed E-state index contributed by atoms with van der Waals surface area (Å²) in [5, 5.41) is 0. The van der Waals surface area contributed by atoms with Crippen molar-refractivity contribution in [1.29, 1.82) is 0 Å². The van der Waals surface area contributed by atoms with Crippen LogP contribution in [-0.4, -0.2) is 65.0 Å². The van der Waals surface area contributed by atoms with E-state index in [2.05, 4.69) is 69.2 Å². The van der Waals surface area contributed by atoms with E-state index < -0.39 is 0 Å². The van der Waals surface area contributed by atoms with Crippen LogP contribution >= 0.6 is 0 Å². The van der Waals surface area contributed by atoms with E-state index in [0.717, 1.165) is 19.1 Å². The van der Waals surface area contributed by atoms with E-state index in [1.165, 1.54) is 63.1 Å². The van der Waals surface area contributed by atoms with Crippen LogP contribution in [0.15, 0.2) is 54.7 Å². The molecule has 0 unspecified atom stereocenters. The van der Waals surface area contributed by atoms with Gasteiger partial charge in [0.05, 0.1) is 5.69 Å². The highest BCUT2D eigenvalue weighted by atomic mass is 15.3. The summed E-state index contributed by atoms with van der Waals surface area (Å²) in [5.74, 6) is 0. The van der Waals surface area contributed by atoms with Crippen molar-refractivity contribution in [2.75, 3.05) is 33.2 Å². The van der Waals surface area contributed by atoms with Crippen molar-refractivity contribution in [3.05, 3.63) is 66.0 Å². The monoisotopic (exact) mass is 378 g/mol. The molecule has 1 aromatic carbocycles. The fraction of sp³-hybridized carbons (Fsp3) is 0.542. The van der Waals surface area contributed by atoms with Crippen LogP contribution in [-0.2, 0) is 13.1 Å². The van der Waals surface area contributed by atoms with Crippen LogP contribution in [0.5, 0.6) is 0 Å². The fourth-order valence-corrected chi connectivity index (χ4v) is 4.84. The Morgan fingerprint density at radius 3 is 2.50 bits per heavy atom. The molecule has 4 heteroatoms. The second-order valence-corrected chi connectivity index (χ2v) is 8.52. The molecule has 2 saturated heterocycles. The molecule has 4 nitrogen and oxygen atoms in total. The van der Waals surface area contributed by atoms with Gasteiger partial charge in [-0.1, -0.05) is 36.4 Å². The number of hydrogen-bond acceptors (Lipinski definition) is 4. The highest BCUT2D eigenvalue weighted by Crippen LogP contribution is 2.24. The fourth-order valence-electron chi connectivity index (χ4n) is 4.84. The molecule has 4 rings (SSSR count). The van der Waals surface area contributed by atoms with Gasteiger partial charge in [0.2, 0.25) is 0 Å². The number of benzene rings is 1. The molecule has 0 saturated carbocycles. The molecule has 0 N–H and O–H groups in total. The second-order valence-electron chi connectivity index (χ2n) is 8.52. The summed E-state index contributed by atoms with van der Waals surface area (Å²) in [7, 11) is 2.30. The van der Waals surface area contributed by atoms with Gasteiger partial charge >= 0.3 is 0 Å². The number of likely N-dealkylation sites (N-methyl/N-ethyl adjacent to an activating group) is 1. The molecule has 150 valence electrons. The first-order chi connectivity index (χ1) is 13.8. The minimum absolute atomic E-state index is 0.681. The SMILES string of the molecule is CN(Cc1ccccc1)[C@@H]1CCCN(C2CCN(Cc3ccccn3)CC2)C1. The molecule has 3 heterocycles. The number of rotatable bonds is 6. The quantitative estimate of drug-likeness (QED) is 0.765. The summed E-state index contributed by atoms with van der Waals surface area (Å²) < 4.78 is 0. The molecule has 2 aromatic rings. The molecule has 1 atom stereocenters. The van der Waals surface area contributed by atoms with Gasteiger partial charge < -0.3 is 0 Å². The van der Waals surface area contributed by atoms with Gasteiger partial charge in [-0.25, -0.2) is 0 Å². The van der Waals surface area contributed by atoms with Gasteiger partial charge in [0, 0.05) is 51.0 Å². The number of piperidine rings is 2. The topological polar surface area (TPSA) is 22.6 Å². The van der Waals surface area contributed by atoms with E-state index in [4.69, 9.17) is 0 Å². The average Bonchev–Trinajstić information content (AvgIpc) is 2.76. The molecule has 0 aliphatic carbocycles. The Kier molecular flexibility index (Phi) is 6.73. The van der Waals surface area contributed by atoms with Crippen LogP contribution in [0.3, 0.4) is 0 Å². The van der Waals surface area contributed by atoms with Gasteiger partial charge in [-0.2, -0.15) is 0 Å². The molecular weight excluding hydrogens is 344 g/mol. The van der Waals surface area contributed by atoms with Gasteiger partial charge in [0.15, 0.2) is 0 Å². The second kappa shape index (κ2) is 9.64. The molecule has 0 spiro atoms. The van der Waals surface area contributed by atoms with Crippen LogP contribution in [0, 0.1) is 0 Å². The molecule has 0 radical (unpaired) electrons. The molecule has 2 aliphatic heterocycles. The summed E-state index contributed by atoms with van der Waals surface area (Å²) in [6.45, 7) is 6.96. The van der Waals surface area contributed by atoms with Crippen molar-refractivity contribution in [3.8, 4) is 0 Å². The first-order valence-corrected chi connectivity index (χ1v) is 10.9. The van der Waals surface area contributed by atoms with Crippen LogP contribution in [0.1, 0.15) is 36.9 Å². The van der Waals surface area contributed by atoms with Crippen LogP contribution < -0.4 is 0 Å². The van der Waals surface area contributed by atoms with Gasteiger partial charge in [0.1, 0.15) is 0 Å². The normalized spacial score (nSPS) is 22.6. The third-order valence-electron chi connectivity index (χ3n) is 6.51. The summed E-state index contributed by atoms with van der Waals surface area (Å²) in [6, 6.07) is 18.6. The Bertz CT molecular complexity index is 697. The van der Waals surface area contributed by atoms with Crippen molar-refractivity contribution in [2.45, 2.75) is 50.9 Å². The summed E-state index contributed by atoms with van der Waals surface area (Å²) in [5.41, 5.74) is 2.62. The van der Waals surface area contributed by atoms with Gasteiger partial charge in [-0.05, 0) is 57.0 Å². The molecule has 28 heavy (non-hydrogen) atoms. The maximum Gasteiger partial charge on any atom is 0.0543 e. The van der Waals surface area contributed by atoms with Crippen molar-refractivity contribution >= 4 is 0 Å². The number of pyridine rings is 1. The maximum absolute atomic E-state index is 4.49. The first kappa shape index (κ1) is 19.6. The van der Waals surface area contributed by atoms with Crippen molar-refractivity contribution in [2.24, 2.45) is 0 Å². The number of aromatic nitrogens is 1. The minimum atomic E-state index is 0.681. The zero-order chi connectivity index (χ0) is 19.2. The van der Waals surface area contributed by atoms with E-state index in [1.807, 2.05) is 12.3 Å². The standard InChI is InChI=1S/C24H34N4/c1-26(18-21-8-3-2-4-9-21)24-11-7-15-28(20-24)23-12-16-27(17-13-23)19-22-10-5-6-14-25-22/h2-6,8-10,14,23-24H,7,11-13,15-20H2,1H3/t24-/m1/s1. The van der Waals surface area contributed by atoms with E-state index in [0.29, 0.717) is 6.04 Å². The lowest BCUT2D eigenvalue weighted by Crippen LogP contribution is -2.52. The largest absolute Gasteiger partial charge is 0.299 e. The number of hydrogen-bond donors (Lipinski definition) is 0. The van der Waals surface area contributed by atoms with Gasteiger partial charge in [-0.15, -0.1) is 0 Å². The highest BCUT2D eigenvalue weighted by molar-refractivity contribution is 5.14. The predicted molar refractivity (Wildman–Crippen MR) is 115 cm³/mol. The van der Waals surface area contributed by atoms with Crippen LogP contribution in [0.4, 0.5) is 0 Å². The van der Waals surface area contributed by atoms with Crippen molar-refractivity contribution < 1.29 is 0 Å². The lowest BCUT2D eigenvalue weighted by molar-refractivity contribution is 0.0481. The molecule has 0 amide bonds. The molecule has 0 bridgehead atoms. The Hall–Kier alpha value is -1.75. The Morgan fingerprint density at radius 2 is 1.75 bits per heavy atom. The summed E-state index contributed by atoms with van der Waals surface area (Å²) in [6.07, 6.45) is 7.15. The number of nitrogens with zero attached hydrogens (tertiary/aromatic N) is 4. The number of likely N-dealkylation sites (tertiary alicyclic amines) is 2. The van der Waals surface area contributed by atoms with E-state index >= 15 is 0 Å². The zero-order valence-electron chi connectivity index (χ0n) is 17.2. The summed E-state index contributed by atoms with van der Waals surface area (Å²) in [4.78, 5) is 12.4. The highest BCUT2D eigenvalue weighted by Gasteiger charge is 2.30. The Labute approximate surface area is 170 Å². The third kappa shape index (κ3) is 5.19. The third-order valence-corrected chi connectivity index (χ3v) is 6.51. The maximum atomic E-state index is 4.49. The first-order valence-electron chi connectivity index (χ1n) is 10.9. The minimum Gasteiger partial charge on any atom is -0.299 e. The molecular formula is C24H34N4. The molecule has 1 aromatic heterocycles. The molecule has 2 fully saturated rings. The van der Waals surface area contributed by atoms with Gasteiger partial charge in [0.25, 0.3) is 0 Å². The lowest BCUT2D eigenvalue weighted by Gasteiger charge is -2.44. The van der Waals surface area contributed by atoms with Gasteiger partial charge in [-0.3, -0.25) is 19.7 Å². The predicted octanol–water partition coefficient (Wildman–Crippen LogP) is 3.64. The van der Waals surface area contributed by atoms with E-state index in [9.17, 15) is 0 Å². The van der Waals surface area contributed by atoms with Crippen molar-refractivity contribution in [1.82, 2.24) is 19.7 Å². The van der Waals surface area contributed by atoms with E-state index in [-0.39, 0.29) is 0 Å². The summed E-state index contributed by atoms with van der Waals surface area (Å²) >= 11 is 0. The molecule has 2 aliphatic rings. The smallest absolute Gasteiger partial charge is 0.0543 e. The average molecular weight is 379 g/mol. The Morgan fingerprint density at radius 1 is 0.964 bits per heavy atom. The zero-order valence-corrected chi connectivity index (χ0v) is 17.2. The van der Waals surface area contributed by atoms with Crippen LogP contribution in [0.2, 0.25) is 0 Å². The van der Waals surface area contributed by atoms with Crippen LogP contribution in [0.25, 0.3) is 0 Å². The lowest BCUT2D eigenvalue weighted by atomic mass is 9.97.